The molecule has 0 fully saturated rings. The third-order valence-electron chi connectivity index (χ3n) is 3.37. The van der Waals surface area contributed by atoms with Crippen molar-refractivity contribution in [2.75, 3.05) is 25.0 Å². The third kappa shape index (κ3) is 5.25. The molecule has 0 heterocycles. The van der Waals surface area contributed by atoms with Crippen molar-refractivity contribution in [1.82, 2.24) is 5.32 Å². The number of anilines is 1. The molecule has 0 atom stereocenters. The molecule has 0 radical (unpaired) electrons. The van der Waals surface area contributed by atoms with Crippen molar-refractivity contribution in [3.05, 3.63) is 45.4 Å². The Labute approximate surface area is 169 Å². The van der Waals surface area contributed by atoms with Gasteiger partial charge in [-0.15, -0.1) is 0 Å². The molecule has 0 saturated carbocycles. The molecule has 0 aliphatic rings. The van der Waals surface area contributed by atoms with E-state index in [0.717, 1.165) is 6.07 Å². The Morgan fingerprint density at radius 2 is 1.96 bits per heavy atom. The Kier molecular flexibility index (Phi) is 6.93. The van der Waals surface area contributed by atoms with Gasteiger partial charge in [-0.05, 0) is 30.3 Å². The molecular weight excluding hydrogens is 464 g/mol. The summed E-state index contributed by atoms with van der Waals surface area (Å²) in [5.74, 6) is -1.74. The topological polar surface area (TPSA) is 125 Å². The number of amides is 1. The molecule has 0 bridgehead atoms. The predicted molar refractivity (Wildman–Crippen MR) is 104 cm³/mol. The van der Waals surface area contributed by atoms with Crippen LogP contribution in [0.25, 0.3) is 0 Å². The molecule has 0 unspecified atom stereocenters. The minimum absolute atomic E-state index is 0.0286. The summed E-state index contributed by atoms with van der Waals surface area (Å²) in [5.41, 5.74) is -0.520. The van der Waals surface area contributed by atoms with E-state index in [1.807, 2.05) is 0 Å². The molecule has 11 heteroatoms. The number of benzene rings is 2. The van der Waals surface area contributed by atoms with Crippen molar-refractivity contribution in [1.29, 1.82) is 0 Å². The van der Waals surface area contributed by atoms with E-state index in [0.29, 0.717) is 4.47 Å². The molecule has 2 aromatic carbocycles. The zero-order chi connectivity index (χ0) is 20.2. The van der Waals surface area contributed by atoms with Crippen LogP contribution in [0.1, 0.15) is 10.4 Å². The second kappa shape index (κ2) is 8.79. The van der Waals surface area contributed by atoms with Crippen LogP contribution in [0, 0.1) is 0 Å². The van der Waals surface area contributed by atoms with Crippen LogP contribution in [0.3, 0.4) is 0 Å². The lowest BCUT2D eigenvalue weighted by Gasteiger charge is -2.14. The first kappa shape index (κ1) is 21.3. The fourth-order valence-corrected chi connectivity index (χ4v) is 4.03. The third-order valence-corrected chi connectivity index (χ3v) is 5.47. The molecule has 4 N–H and O–H groups in total. The predicted octanol–water partition coefficient (Wildman–Crippen LogP) is 2.69. The van der Waals surface area contributed by atoms with Gasteiger partial charge in [0.15, 0.2) is 5.75 Å². The summed E-state index contributed by atoms with van der Waals surface area (Å²) in [6.45, 7) is 0.447. The van der Waals surface area contributed by atoms with Crippen molar-refractivity contribution in [3.63, 3.8) is 0 Å². The molecular formula is C16H16BrClN2O6S. The van der Waals surface area contributed by atoms with E-state index in [2.05, 4.69) is 26.0 Å². The number of hydrogen-bond donors (Lipinski definition) is 4. The minimum atomic E-state index is -4.27. The van der Waals surface area contributed by atoms with E-state index in [1.165, 1.54) is 31.4 Å². The Balaban J connectivity index is 2.39. The number of carbonyl (C=O) groups is 1. The highest BCUT2D eigenvalue weighted by atomic mass is 79.9. The smallest absolute Gasteiger partial charge is 0.265 e. The highest BCUT2D eigenvalue weighted by Crippen LogP contribution is 2.35. The van der Waals surface area contributed by atoms with Gasteiger partial charge in [-0.1, -0.05) is 27.5 Å². The summed E-state index contributed by atoms with van der Waals surface area (Å²) in [6, 6.07) is 6.21. The molecule has 2 aromatic rings. The van der Waals surface area contributed by atoms with Crippen LogP contribution < -0.4 is 10.0 Å². The van der Waals surface area contributed by atoms with Gasteiger partial charge in [-0.2, -0.15) is 0 Å². The van der Waals surface area contributed by atoms with Crippen LogP contribution in [-0.2, 0) is 14.8 Å². The van der Waals surface area contributed by atoms with Crippen LogP contribution in [0.2, 0.25) is 5.02 Å². The number of carbonyl (C=O) groups excluding carboxylic acids is 1. The lowest BCUT2D eigenvalue weighted by Crippen LogP contribution is -2.27. The van der Waals surface area contributed by atoms with Gasteiger partial charge in [0.05, 0.1) is 17.9 Å². The molecule has 27 heavy (non-hydrogen) atoms. The monoisotopic (exact) mass is 478 g/mol. The maximum absolute atomic E-state index is 12.6. The first-order valence-corrected chi connectivity index (χ1v) is 10.1. The standard InChI is InChI=1S/C16H16BrClN2O6S/c1-26-5-4-19-16(23)11-7-10(18)8-12(15(11)22)20-27(24,25)14-6-9(17)2-3-13(14)21/h2-3,6-8,20-22H,4-5H2,1H3,(H,19,23). The van der Waals surface area contributed by atoms with Crippen molar-refractivity contribution in [2.45, 2.75) is 4.90 Å². The molecule has 146 valence electrons. The number of methoxy groups -OCH3 is 1. The summed E-state index contributed by atoms with van der Waals surface area (Å²) < 4.78 is 32.5. The summed E-state index contributed by atoms with van der Waals surface area (Å²) in [4.78, 5) is 11.8. The molecule has 0 spiro atoms. The van der Waals surface area contributed by atoms with E-state index in [1.54, 1.807) is 0 Å². The van der Waals surface area contributed by atoms with Crippen molar-refractivity contribution in [2.24, 2.45) is 0 Å². The SMILES string of the molecule is COCCNC(=O)c1cc(Cl)cc(NS(=O)(=O)c2cc(Br)ccc2O)c1O. The highest BCUT2D eigenvalue weighted by Gasteiger charge is 2.23. The molecule has 0 saturated heterocycles. The number of halogens is 2. The normalized spacial score (nSPS) is 11.2. The largest absolute Gasteiger partial charge is 0.507 e. The number of aromatic hydroxyl groups is 2. The summed E-state index contributed by atoms with van der Waals surface area (Å²) in [6.07, 6.45) is 0. The zero-order valence-corrected chi connectivity index (χ0v) is 17.2. The number of ether oxygens (including phenoxy) is 1. The van der Waals surface area contributed by atoms with Gasteiger partial charge in [0.1, 0.15) is 10.6 Å². The Morgan fingerprint density at radius 1 is 1.26 bits per heavy atom. The fraction of sp³-hybridized carbons (Fsp3) is 0.188. The number of nitrogens with one attached hydrogen (secondary N) is 2. The van der Waals surface area contributed by atoms with Crippen molar-refractivity contribution < 1.29 is 28.2 Å². The molecule has 0 aliphatic heterocycles. The first-order chi connectivity index (χ1) is 12.7. The van der Waals surface area contributed by atoms with Crippen LogP contribution in [0.5, 0.6) is 11.5 Å². The zero-order valence-electron chi connectivity index (χ0n) is 14.0. The number of phenolic OH excluding ortho intramolecular Hbond substituents is 2. The Morgan fingerprint density at radius 3 is 2.63 bits per heavy atom. The van der Waals surface area contributed by atoms with E-state index in [-0.39, 0.29) is 29.4 Å². The Bertz CT molecular complexity index is 968. The van der Waals surface area contributed by atoms with E-state index in [9.17, 15) is 23.4 Å². The van der Waals surface area contributed by atoms with Crippen molar-refractivity contribution in [3.8, 4) is 11.5 Å². The number of sulfonamides is 1. The quantitative estimate of drug-likeness (QED) is 0.357. The maximum Gasteiger partial charge on any atom is 0.265 e. The molecule has 2 rings (SSSR count). The minimum Gasteiger partial charge on any atom is -0.507 e. The lowest BCUT2D eigenvalue weighted by atomic mass is 10.1. The first-order valence-electron chi connectivity index (χ1n) is 7.46. The van der Waals surface area contributed by atoms with Crippen LogP contribution in [-0.4, -0.2) is 44.8 Å². The maximum atomic E-state index is 12.6. The Hall–Kier alpha value is -2.01. The average molecular weight is 480 g/mol. The summed E-state index contributed by atoms with van der Waals surface area (Å²) in [7, 11) is -2.80. The highest BCUT2D eigenvalue weighted by molar-refractivity contribution is 9.10. The fourth-order valence-electron chi connectivity index (χ4n) is 2.11. The van der Waals surface area contributed by atoms with Gasteiger partial charge >= 0.3 is 0 Å². The van der Waals surface area contributed by atoms with E-state index < -0.39 is 32.3 Å². The second-order valence-electron chi connectivity index (χ2n) is 5.32. The number of hydrogen-bond acceptors (Lipinski definition) is 6. The van der Waals surface area contributed by atoms with Gasteiger partial charge in [0.2, 0.25) is 0 Å². The van der Waals surface area contributed by atoms with Gasteiger partial charge in [0.25, 0.3) is 15.9 Å². The van der Waals surface area contributed by atoms with Gasteiger partial charge in [0, 0.05) is 23.1 Å². The lowest BCUT2D eigenvalue weighted by molar-refractivity contribution is 0.0934. The van der Waals surface area contributed by atoms with Gasteiger partial charge < -0.3 is 20.3 Å². The van der Waals surface area contributed by atoms with Gasteiger partial charge in [-0.25, -0.2) is 8.42 Å². The molecule has 0 aromatic heterocycles. The average Bonchev–Trinajstić information content (AvgIpc) is 2.59. The number of phenols is 2. The molecule has 8 nitrogen and oxygen atoms in total. The van der Waals surface area contributed by atoms with Crippen LogP contribution >= 0.6 is 27.5 Å². The van der Waals surface area contributed by atoms with Gasteiger partial charge in [-0.3, -0.25) is 9.52 Å². The van der Waals surface area contributed by atoms with E-state index in [4.69, 9.17) is 16.3 Å². The van der Waals surface area contributed by atoms with E-state index >= 15 is 0 Å². The second-order valence-corrected chi connectivity index (χ2v) is 8.32. The molecule has 1 amide bonds. The summed E-state index contributed by atoms with van der Waals surface area (Å²) in [5, 5.41) is 22.7. The van der Waals surface area contributed by atoms with Crippen LogP contribution in [0.15, 0.2) is 39.7 Å². The van der Waals surface area contributed by atoms with Crippen LogP contribution in [0.4, 0.5) is 5.69 Å². The molecule has 0 aliphatic carbocycles. The van der Waals surface area contributed by atoms with Crippen molar-refractivity contribution >= 4 is 49.1 Å². The number of rotatable bonds is 7. The summed E-state index contributed by atoms with van der Waals surface area (Å²) >= 11 is 9.08.